The second kappa shape index (κ2) is 7.16. The fraction of sp³-hybridized carbons (Fsp3) is 0.273. The number of aromatic amines is 1. The number of carbonyl (C=O) groups is 1. The highest BCUT2D eigenvalue weighted by molar-refractivity contribution is 6.01. The average molecular weight is 347 g/mol. The lowest BCUT2D eigenvalue weighted by molar-refractivity contribution is 0.0955. The summed E-state index contributed by atoms with van der Waals surface area (Å²) in [5.74, 6) is -0.212. The van der Waals surface area contributed by atoms with Crippen molar-refractivity contribution in [2.24, 2.45) is 5.10 Å². The molecular weight excluding hydrogens is 322 g/mol. The van der Waals surface area contributed by atoms with Crippen molar-refractivity contribution in [3.8, 4) is 0 Å². The van der Waals surface area contributed by atoms with Crippen LogP contribution in [0.4, 0.5) is 0 Å². The highest BCUT2D eigenvalue weighted by Crippen LogP contribution is 2.22. The topological polar surface area (TPSA) is 57.2 Å². The molecule has 0 bridgehead atoms. The number of para-hydroxylation sites is 1. The second-order valence-corrected chi connectivity index (χ2v) is 7.46. The molecule has 0 fully saturated rings. The van der Waals surface area contributed by atoms with Crippen LogP contribution in [-0.2, 0) is 11.8 Å². The lowest BCUT2D eigenvalue weighted by atomic mass is 9.87. The van der Waals surface area contributed by atoms with Crippen LogP contribution in [-0.4, -0.2) is 17.1 Å². The molecule has 3 rings (SSSR count). The van der Waals surface area contributed by atoms with Gasteiger partial charge in [-0.15, -0.1) is 0 Å². The van der Waals surface area contributed by atoms with Crippen LogP contribution in [0.3, 0.4) is 0 Å². The average Bonchev–Trinajstić information content (AvgIpc) is 3.04. The number of hydrazone groups is 1. The summed E-state index contributed by atoms with van der Waals surface area (Å²) in [6, 6.07) is 13.9. The van der Waals surface area contributed by atoms with Crippen molar-refractivity contribution in [3.63, 3.8) is 0 Å². The van der Waals surface area contributed by atoms with Gasteiger partial charge in [0, 0.05) is 28.2 Å². The number of hydrogen-bond acceptors (Lipinski definition) is 2. The minimum Gasteiger partial charge on any atom is -0.360 e. The number of amides is 1. The maximum absolute atomic E-state index is 12.3. The molecule has 0 aliphatic rings. The van der Waals surface area contributed by atoms with E-state index in [2.05, 4.69) is 55.3 Å². The molecule has 3 aromatic rings. The van der Waals surface area contributed by atoms with Crippen LogP contribution < -0.4 is 5.43 Å². The molecule has 0 saturated heterocycles. The third kappa shape index (κ3) is 3.69. The minimum atomic E-state index is -0.212. The van der Waals surface area contributed by atoms with E-state index in [-0.39, 0.29) is 11.3 Å². The smallest absolute Gasteiger partial charge is 0.271 e. The largest absolute Gasteiger partial charge is 0.360 e. The third-order valence-corrected chi connectivity index (χ3v) is 4.60. The van der Waals surface area contributed by atoms with Gasteiger partial charge in [-0.2, -0.15) is 5.10 Å². The first kappa shape index (κ1) is 17.9. The number of carbonyl (C=O) groups excluding carboxylic acids is 1. The van der Waals surface area contributed by atoms with Gasteiger partial charge in [0.1, 0.15) is 0 Å². The molecule has 4 heteroatoms. The number of nitrogens with zero attached hydrogens (tertiary/aromatic N) is 1. The van der Waals surface area contributed by atoms with Gasteiger partial charge >= 0.3 is 0 Å². The Kier molecular flexibility index (Phi) is 4.94. The molecule has 0 radical (unpaired) electrons. The predicted octanol–water partition coefficient (Wildman–Crippen LogP) is 4.79. The van der Waals surface area contributed by atoms with Gasteiger partial charge in [0.2, 0.25) is 0 Å². The summed E-state index contributed by atoms with van der Waals surface area (Å²) >= 11 is 0. The Morgan fingerprint density at radius 3 is 2.54 bits per heavy atom. The number of fused-ring (bicyclic) bond motifs is 1. The van der Waals surface area contributed by atoms with Crippen molar-refractivity contribution < 1.29 is 4.79 Å². The molecule has 2 N–H and O–H groups in total. The molecule has 0 atom stereocenters. The van der Waals surface area contributed by atoms with Crippen molar-refractivity contribution >= 4 is 23.0 Å². The Morgan fingerprint density at radius 2 is 1.88 bits per heavy atom. The van der Waals surface area contributed by atoms with Gasteiger partial charge in [0.15, 0.2) is 0 Å². The maximum atomic E-state index is 12.3. The van der Waals surface area contributed by atoms with Crippen LogP contribution in [0.15, 0.2) is 53.8 Å². The number of hydrogen-bond donors (Lipinski definition) is 2. The van der Waals surface area contributed by atoms with Crippen LogP contribution in [0.1, 0.15) is 54.7 Å². The molecule has 26 heavy (non-hydrogen) atoms. The van der Waals surface area contributed by atoms with Gasteiger partial charge in [-0.3, -0.25) is 4.79 Å². The van der Waals surface area contributed by atoms with Crippen molar-refractivity contribution in [3.05, 3.63) is 70.9 Å². The highest BCUT2D eigenvalue weighted by Gasteiger charge is 2.14. The Balaban J connectivity index is 1.72. The third-order valence-electron chi connectivity index (χ3n) is 4.60. The minimum absolute atomic E-state index is 0.0693. The molecule has 1 amide bonds. The van der Waals surface area contributed by atoms with Gasteiger partial charge < -0.3 is 4.98 Å². The number of H-pyrrole nitrogens is 1. The first-order valence-corrected chi connectivity index (χ1v) is 8.93. The Hall–Kier alpha value is -2.88. The molecular formula is C22H25N3O. The number of benzene rings is 2. The van der Waals surface area contributed by atoms with E-state index in [4.69, 9.17) is 0 Å². The fourth-order valence-corrected chi connectivity index (χ4v) is 2.99. The summed E-state index contributed by atoms with van der Waals surface area (Å²) in [5.41, 5.74) is 7.82. The second-order valence-electron chi connectivity index (χ2n) is 7.46. The highest BCUT2D eigenvalue weighted by atomic mass is 16.2. The van der Waals surface area contributed by atoms with Crippen molar-refractivity contribution in [1.82, 2.24) is 10.4 Å². The summed E-state index contributed by atoms with van der Waals surface area (Å²) in [6.45, 7) is 8.58. The SMILES string of the molecule is CCc1cccc2c(/C=N/NC(=O)c3ccc(C(C)(C)C)cc3)c[nH]c12. The molecule has 0 aliphatic carbocycles. The summed E-state index contributed by atoms with van der Waals surface area (Å²) in [5, 5.41) is 5.23. The van der Waals surface area contributed by atoms with E-state index in [9.17, 15) is 4.79 Å². The quantitative estimate of drug-likeness (QED) is 0.517. The normalized spacial score (nSPS) is 12.0. The van der Waals surface area contributed by atoms with Crippen LogP contribution in [0.5, 0.6) is 0 Å². The molecule has 1 heterocycles. The van der Waals surface area contributed by atoms with Crippen LogP contribution >= 0.6 is 0 Å². The van der Waals surface area contributed by atoms with Crippen LogP contribution in [0.25, 0.3) is 10.9 Å². The number of rotatable bonds is 4. The van der Waals surface area contributed by atoms with E-state index in [0.29, 0.717) is 5.56 Å². The molecule has 4 nitrogen and oxygen atoms in total. The Bertz CT molecular complexity index is 944. The van der Waals surface area contributed by atoms with E-state index in [1.54, 1.807) is 6.21 Å². The van der Waals surface area contributed by atoms with E-state index >= 15 is 0 Å². The lowest BCUT2D eigenvalue weighted by Gasteiger charge is -2.18. The zero-order chi connectivity index (χ0) is 18.7. The summed E-state index contributed by atoms with van der Waals surface area (Å²) in [7, 11) is 0. The van der Waals surface area contributed by atoms with Gasteiger partial charge in [-0.05, 0) is 35.1 Å². The predicted molar refractivity (Wildman–Crippen MR) is 108 cm³/mol. The maximum Gasteiger partial charge on any atom is 0.271 e. The molecule has 0 spiro atoms. The Labute approximate surface area is 154 Å². The summed E-state index contributed by atoms with van der Waals surface area (Å²) in [4.78, 5) is 15.6. The standard InChI is InChI=1S/C22H25N3O/c1-5-15-7-6-8-19-17(13-23-20(15)19)14-24-25-21(26)16-9-11-18(12-10-16)22(2,3)4/h6-14,23H,5H2,1-4H3,(H,25,26)/b24-14+. The van der Waals surface area contributed by atoms with E-state index in [1.165, 1.54) is 11.1 Å². The van der Waals surface area contributed by atoms with Crippen molar-refractivity contribution in [2.75, 3.05) is 0 Å². The monoisotopic (exact) mass is 347 g/mol. The first-order valence-electron chi connectivity index (χ1n) is 8.93. The number of aromatic nitrogens is 1. The van der Waals surface area contributed by atoms with E-state index < -0.39 is 0 Å². The summed E-state index contributed by atoms with van der Waals surface area (Å²) < 4.78 is 0. The molecule has 0 unspecified atom stereocenters. The van der Waals surface area contributed by atoms with Crippen LogP contribution in [0, 0.1) is 0 Å². The fourth-order valence-electron chi connectivity index (χ4n) is 2.99. The van der Waals surface area contributed by atoms with E-state index in [0.717, 1.165) is 22.9 Å². The van der Waals surface area contributed by atoms with Gasteiger partial charge in [0.05, 0.1) is 6.21 Å². The first-order chi connectivity index (χ1) is 12.4. The van der Waals surface area contributed by atoms with Crippen molar-refractivity contribution in [2.45, 2.75) is 39.5 Å². The van der Waals surface area contributed by atoms with Gasteiger partial charge in [-0.25, -0.2) is 5.43 Å². The molecule has 134 valence electrons. The molecule has 0 saturated carbocycles. The van der Waals surface area contributed by atoms with Crippen LogP contribution in [0.2, 0.25) is 0 Å². The number of nitrogens with one attached hydrogen (secondary N) is 2. The molecule has 1 aromatic heterocycles. The zero-order valence-corrected chi connectivity index (χ0v) is 15.8. The summed E-state index contributed by atoms with van der Waals surface area (Å²) in [6.07, 6.45) is 4.56. The van der Waals surface area contributed by atoms with Gasteiger partial charge in [-0.1, -0.05) is 58.0 Å². The lowest BCUT2D eigenvalue weighted by Crippen LogP contribution is -2.18. The number of aryl methyl sites for hydroxylation is 1. The molecule has 0 aliphatic heterocycles. The molecule has 2 aromatic carbocycles. The van der Waals surface area contributed by atoms with Crippen molar-refractivity contribution in [1.29, 1.82) is 0 Å². The van der Waals surface area contributed by atoms with Gasteiger partial charge in [0.25, 0.3) is 5.91 Å². The Morgan fingerprint density at radius 1 is 1.15 bits per heavy atom. The van der Waals surface area contributed by atoms with E-state index in [1.807, 2.05) is 36.5 Å². The zero-order valence-electron chi connectivity index (χ0n) is 15.8.